The van der Waals surface area contributed by atoms with Gasteiger partial charge in [0.1, 0.15) is 0 Å². The summed E-state index contributed by atoms with van der Waals surface area (Å²) in [6.07, 6.45) is -0.921. The third kappa shape index (κ3) is 6.60. The number of alkyl halides is 3. The van der Waals surface area contributed by atoms with Crippen molar-refractivity contribution in [2.24, 2.45) is 0 Å². The maximum absolute atomic E-state index is 12.4. The molecular formula is C25H31F3N2O3S. The molecular weight excluding hydrogens is 465 g/mol. The number of hydrogen-bond acceptors (Lipinski definition) is 4. The van der Waals surface area contributed by atoms with Gasteiger partial charge < -0.3 is 10.4 Å². The van der Waals surface area contributed by atoms with Crippen LogP contribution in [0.15, 0.2) is 41.8 Å². The summed E-state index contributed by atoms with van der Waals surface area (Å²) in [6, 6.07) is 13.5. The Bertz CT molecular complexity index is 968. The number of nitrogens with one attached hydrogen (secondary N) is 1. The Hall–Kier alpha value is -2.39. The second-order valence-corrected chi connectivity index (χ2v) is 10.4. The van der Waals surface area contributed by atoms with Crippen LogP contribution in [-0.4, -0.2) is 47.2 Å². The molecule has 1 unspecified atom stereocenters. The topological polar surface area (TPSA) is 69.6 Å². The lowest BCUT2D eigenvalue weighted by Gasteiger charge is -2.40. The summed E-state index contributed by atoms with van der Waals surface area (Å²) in [5.74, 6) is -2.20. The molecule has 9 heteroatoms. The smallest absolute Gasteiger partial charge is 0.475 e. The number of halogens is 3. The number of nitrogens with zero attached hydrogens (tertiary/aromatic N) is 1. The first kappa shape index (κ1) is 26.2. The molecule has 1 aromatic carbocycles. The average molecular weight is 497 g/mol. The Balaban J connectivity index is 0.000000406. The third-order valence-electron chi connectivity index (χ3n) is 6.51. The van der Waals surface area contributed by atoms with Gasteiger partial charge in [-0.15, -0.1) is 11.3 Å². The van der Waals surface area contributed by atoms with Crippen LogP contribution >= 0.6 is 11.3 Å². The van der Waals surface area contributed by atoms with E-state index in [1.54, 1.807) is 0 Å². The Kier molecular flexibility index (Phi) is 8.41. The van der Waals surface area contributed by atoms with Gasteiger partial charge in [0.25, 0.3) is 0 Å². The summed E-state index contributed by atoms with van der Waals surface area (Å²) in [7, 11) is 0. The van der Waals surface area contributed by atoms with Gasteiger partial charge in [0.05, 0.1) is 0 Å². The number of likely N-dealkylation sites (tertiary alicyclic amines) is 1. The Morgan fingerprint density at radius 1 is 1.18 bits per heavy atom. The zero-order valence-electron chi connectivity index (χ0n) is 19.4. The Morgan fingerprint density at radius 2 is 1.82 bits per heavy atom. The van der Waals surface area contributed by atoms with Crippen LogP contribution in [0.1, 0.15) is 61.5 Å². The number of carboxylic acid groups (broad SMARTS) is 1. The van der Waals surface area contributed by atoms with Gasteiger partial charge in [-0.1, -0.05) is 30.3 Å². The fourth-order valence-electron chi connectivity index (χ4n) is 5.05. The highest BCUT2D eigenvalue weighted by atomic mass is 32.1. The third-order valence-corrected chi connectivity index (χ3v) is 7.37. The number of benzene rings is 1. The molecule has 34 heavy (non-hydrogen) atoms. The first-order valence-corrected chi connectivity index (χ1v) is 12.3. The van der Waals surface area contributed by atoms with E-state index in [2.05, 4.69) is 52.0 Å². The summed E-state index contributed by atoms with van der Waals surface area (Å²) in [5, 5.41) is 12.4. The van der Waals surface area contributed by atoms with E-state index in [9.17, 15) is 18.0 Å². The Labute approximate surface area is 202 Å². The van der Waals surface area contributed by atoms with Crippen LogP contribution in [0.2, 0.25) is 0 Å². The van der Waals surface area contributed by atoms with Crippen LogP contribution in [0.25, 0.3) is 0 Å². The normalized spacial score (nSPS) is 19.4. The lowest BCUT2D eigenvalue weighted by Crippen LogP contribution is -2.41. The number of rotatable bonds is 5. The molecule has 2 aliphatic rings. The van der Waals surface area contributed by atoms with Gasteiger partial charge in [-0.25, -0.2) is 4.79 Å². The van der Waals surface area contributed by atoms with Crippen molar-refractivity contribution in [1.82, 2.24) is 10.2 Å². The second kappa shape index (κ2) is 10.9. The molecule has 5 nitrogen and oxygen atoms in total. The van der Waals surface area contributed by atoms with Crippen LogP contribution in [0, 0.1) is 0 Å². The maximum Gasteiger partial charge on any atom is 0.490 e. The molecule has 2 aromatic rings. The number of carbonyl (C=O) groups is 2. The molecule has 2 N–H and O–H groups in total. The van der Waals surface area contributed by atoms with Crippen LogP contribution in [-0.2, 0) is 21.5 Å². The van der Waals surface area contributed by atoms with E-state index in [1.807, 2.05) is 25.2 Å². The molecule has 1 atom stereocenters. The summed E-state index contributed by atoms with van der Waals surface area (Å²) < 4.78 is 31.7. The summed E-state index contributed by atoms with van der Waals surface area (Å²) in [6.45, 7) is 7.44. The van der Waals surface area contributed by atoms with Gasteiger partial charge in [0.15, 0.2) is 0 Å². The van der Waals surface area contributed by atoms with E-state index in [0.29, 0.717) is 12.3 Å². The predicted molar refractivity (Wildman–Crippen MR) is 126 cm³/mol. The molecule has 1 aliphatic heterocycles. The number of aliphatic carboxylic acids is 1. The minimum absolute atomic E-state index is 0.192. The molecule has 4 rings (SSSR count). The van der Waals surface area contributed by atoms with Crippen LogP contribution in [0.4, 0.5) is 13.2 Å². The number of amides is 1. The number of hydrogen-bond donors (Lipinski definition) is 2. The maximum atomic E-state index is 12.4. The van der Waals surface area contributed by atoms with Crippen molar-refractivity contribution in [1.29, 1.82) is 0 Å². The standard InChI is InChI=1S/C23H30N2OS.C2HF3O2/c1-17(2)24-22(26)14-18-15-23(21-8-4-3-7-20(18)21)9-11-25(12-10-23)16-19-6-5-13-27-19;3-2(4,5)1(6)7/h3-8,13,17-18H,9-12,14-16H2,1-2H3,(H,24,26);(H,6,7). The van der Waals surface area contributed by atoms with Crippen molar-refractivity contribution in [2.75, 3.05) is 13.1 Å². The van der Waals surface area contributed by atoms with Crippen LogP contribution in [0.5, 0.6) is 0 Å². The number of thiophene rings is 1. The summed E-state index contributed by atoms with van der Waals surface area (Å²) >= 11 is 1.85. The number of piperidine rings is 1. The van der Waals surface area contributed by atoms with Gasteiger partial charge in [0.2, 0.25) is 5.91 Å². The SMILES string of the molecule is CC(C)NC(=O)CC1CC2(CCN(Cc3cccs3)CC2)c2ccccc21.O=C(O)C(F)(F)F. The van der Waals surface area contributed by atoms with E-state index in [4.69, 9.17) is 9.90 Å². The fraction of sp³-hybridized carbons (Fsp3) is 0.520. The lowest BCUT2D eigenvalue weighted by molar-refractivity contribution is -0.192. The van der Waals surface area contributed by atoms with Gasteiger partial charge in [-0.3, -0.25) is 9.69 Å². The second-order valence-electron chi connectivity index (χ2n) is 9.35. The summed E-state index contributed by atoms with van der Waals surface area (Å²) in [5.41, 5.74) is 3.21. The van der Waals surface area contributed by atoms with E-state index in [0.717, 1.165) is 26.1 Å². The molecule has 1 amide bonds. The van der Waals surface area contributed by atoms with Crippen molar-refractivity contribution < 1.29 is 27.9 Å². The van der Waals surface area contributed by atoms with E-state index in [-0.39, 0.29) is 17.4 Å². The van der Waals surface area contributed by atoms with Crippen molar-refractivity contribution in [3.8, 4) is 0 Å². The van der Waals surface area contributed by atoms with Gasteiger partial charge in [-0.2, -0.15) is 13.2 Å². The summed E-state index contributed by atoms with van der Waals surface area (Å²) in [4.78, 5) is 25.4. The quantitative estimate of drug-likeness (QED) is 0.588. The molecule has 2 heterocycles. The van der Waals surface area contributed by atoms with Crippen molar-refractivity contribution >= 4 is 23.2 Å². The van der Waals surface area contributed by atoms with Crippen LogP contribution in [0.3, 0.4) is 0 Å². The highest BCUT2D eigenvalue weighted by Crippen LogP contribution is 2.52. The minimum Gasteiger partial charge on any atom is -0.475 e. The first-order valence-electron chi connectivity index (χ1n) is 11.4. The number of fused-ring (bicyclic) bond motifs is 2. The molecule has 1 spiro atoms. The number of carboxylic acids is 1. The lowest BCUT2D eigenvalue weighted by atomic mass is 9.73. The zero-order valence-corrected chi connectivity index (χ0v) is 20.2. The average Bonchev–Trinajstić information content (AvgIpc) is 3.36. The monoisotopic (exact) mass is 496 g/mol. The molecule has 0 saturated carbocycles. The molecule has 186 valence electrons. The molecule has 0 radical (unpaired) electrons. The minimum atomic E-state index is -5.08. The van der Waals surface area contributed by atoms with E-state index in [1.165, 1.54) is 28.8 Å². The highest BCUT2D eigenvalue weighted by Gasteiger charge is 2.45. The van der Waals surface area contributed by atoms with Crippen molar-refractivity contribution in [2.45, 2.75) is 69.6 Å². The fourth-order valence-corrected chi connectivity index (χ4v) is 5.80. The van der Waals surface area contributed by atoms with E-state index < -0.39 is 12.1 Å². The largest absolute Gasteiger partial charge is 0.490 e. The molecule has 1 fully saturated rings. The van der Waals surface area contributed by atoms with Gasteiger partial charge in [0, 0.05) is 23.9 Å². The number of carbonyl (C=O) groups excluding carboxylic acids is 1. The molecule has 1 aromatic heterocycles. The van der Waals surface area contributed by atoms with Gasteiger partial charge >= 0.3 is 12.1 Å². The van der Waals surface area contributed by atoms with E-state index >= 15 is 0 Å². The molecule has 0 bridgehead atoms. The zero-order chi connectivity index (χ0) is 24.9. The Morgan fingerprint density at radius 3 is 2.38 bits per heavy atom. The van der Waals surface area contributed by atoms with Crippen molar-refractivity contribution in [3.63, 3.8) is 0 Å². The van der Waals surface area contributed by atoms with Crippen molar-refractivity contribution in [3.05, 3.63) is 57.8 Å². The first-order chi connectivity index (χ1) is 16.0. The van der Waals surface area contributed by atoms with Crippen LogP contribution < -0.4 is 5.32 Å². The highest BCUT2D eigenvalue weighted by molar-refractivity contribution is 7.09. The van der Waals surface area contributed by atoms with Gasteiger partial charge in [-0.05, 0) is 80.1 Å². The predicted octanol–water partition coefficient (Wildman–Crippen LogP) is 5.32. The molecule has 1 saturated heterocycles. The molecule has 1 aliphatic carbocycles.